The van der Waals surface area contributed by atoms with Gasteiger partial charge in [0.1, 0.15) is 13.2 Å². The zero-order valence-electron chi connectivity index (χ0n) is 15.2. The van der Waals surface area contributed by atoms with Crippen LogP contribution in [0.15, 0.2) is 46.2 Å². The molecule has 0 unspecified atom stereocenters. The van der Waals surface area contributed by atoms with Crippen LogP contribution in [0.1, 0.15) is 23.2 Å². The third-order valence-electron chi connectivity index (χ3n) is 4.84. The Labute approximate surface area is 162 Å². The molecule has 2 aliphatic heterocycles. The lowest BCUT2D eigenvalue weighted by atomic mass is 10.1. The fourth-order valence-electron chi connectivity index (χ4n) is 3.33. The van der Waals surface area contributed by atoms with Crippen molar-refractivity contribution in [1.29, 1.82) is 0 Å². The molecule has 0 N–H and O–H groups in total. The fourth-order valence-corrected chi connectivity index (χ4v) is 4.86. The molecule has 3 heterocycles. The molecule has 2 aromatic rings. The first-order valence-electron chi connectivity index (χ1n) is 9.09. The average molecular weight is 404 g/mol. The number of carbonyl (C=O) groups excluding carboxylic acids is 1. The summed E-state index contributed by atoms with van der Waals surface area (Å²) in [5.74, 6) is 0.725. The molecule has 1 saturated heterocycles. The van der Waals surface area contributed by atoms with E-state index in [2.05, 4.69) is 0 Å². The lowest BCUT2D eigenvalue weighted by Crippen LogP contribution is -2.30. The third-order valence-corrected chi connectivity index (χ3v) is 6.72. The van der Waals surface area contributed by atoms with Gasteiger partial charge in [-0.15, -0.1) is 0 Å². The number of rotatable bonds is 5. The summed E-state index contributed by atoms with van der Waals surface area (Å²) >= 11 is 0. The number of aromatic nitrogens is 1. The van der Waals surface area contributed by atoms with Gasteiger partial charge in [0.15, 0.2) is 17.3 Å². The molecule has 8 nitrogen and oxygen atoms in total. The van der Waals surface area contributed by atoms with Gasteiger partial charge in [0.2, 0.25) is 10.0 Å². The number of hydrogen-bond donors (Lipinski definition) is 0. The molecule has 0 radical (unpaired) electrons. The number of sulfonamides is 1. The Morgan fingerprint density at radius 2 is 1.71 bits per heavy atom. The first kappa shape index (κ1) is 18.7. The Morgan fingerprint density at radius 3 is 2.46 bits per heavy atom. The highest BCUT2D eigenvalue weighted by Crippen LogP contribution is 2.31. The van der Waals surface area contributed by atoms with Crippen molar-refractivity contribution < 1.29 is 22.7 Å². The van der Waals surface area contributed by atoms with E-state index in [1.807, 2.05) is 0 Å². The number of ketones is 1. The smallest absolute Gasteiger partial charge is 0.251 e. The number of Topliss-reactive ketones (excluding diaryl/α,β-unsaturated/α-hetero) is 1. The number of carbonyl (C=O) groups is 1. The molecule has 28 heavy (non-hydrogen) atoms. The minimum Gasteiger partial charge on any atom is -0.486 e. The standard InChI is InChI=1S/C19H20N2O6S/c22-16(14-3-5-17-18(11-14)27-10-9-26-17)13-20-12-15(4-6-19(20)23)28(24,25)21-7-1-2-8-21/h3-6,11-12H,1-2,7-10,13H2. The van der Waals surface area contributed by atoms with E-state index in [0.717, 1.165) is 17.4 Å². The van der Waals surface area contributed by atoms with Crippen molar-refractivity contribution in [2.75, 3.05) is 26.3 Å². The highest BCUT2D eigenvalue weighted by Gasteiger charge is 2.28. The lowest BCUT2D eigenvalue weighted by molar-refractivity contribution is 0.0969. The molecule has 148 valence electrons. The van der Waals surface area contributed by atoms with Crippen molar-refractivity contribution in [3.63, 3.8) is 0 Å². The van der Waals surface area contributed by atoms with Gasteiger partial charge in [-0.2, -0.15) is 4.31 Å². The van der Waals surface area contributed by atoms with Gasteiger partial charge in [0.25, 0.3) is 5.56 Å². The number of nitrogens with zero attached hydrogens (tertiary/aromatic N) is 2. The van der Waals surface area contributed by atoms with E-state index >= 15 is 0 Å². The molecule has 2 aliphatic rings. The second-order valence-corrected chi connectivity index (χ2v) is 8.66. The van der Waals surface area contributed by atoms with Crippen LogP contribution in [0, 0.1) is 0 Å². The van der Waals surface area contributed by atoms with Crippen molar-refractivity contribution in [3.8, 4) is 11.5 Å². The summed E-state index contributed by atoms with van der Waals surface area (Å²) in [4.78, 5) is 24.8. The van der Waals surface area contributed by atoms with Gasteiger partial charge in [-0.1, -0.05) is 0 Å². The third kappa shape index (κ3) is 3.55. The fraction of sp³-hybridized carbons (Fsp3) is 0.368. The molecule has 9 heteroatoms. The molecular formula is C19H20N2O6S. The first-order valence-corrected chi connectivity index (χ1v) is 10.5. The summed E-state index contributed by atoms with van der Waals surface area (Å²) in [6, 6.07) is 7.30. The van der Waals surface area contributed by atoms with Crippen LogP contribution in [-0.4, -0.2) is 49.4 Å². The maximum atomic E-state index is 12.7. The summed E-state index contributed by atoms with van der Waals surface area (Å²) in [7, 11) is -3.66. The summed E-state index contributed by atoms with van der Waals surface area (Å²) in [6.45, 7) is 1.53. The van der Waals surface area contributed by atoms with Crippen molar-refractivity contribution in [2.24, 2.45) is 0 Å². The first-order chi connectivity index (χ1) is 13.4. The molecule has 0 bridgehead atoms. The zero-order valence-corrected chi connectivity index (χ0v) is 16.0. The molecule has 1 fully saturated rings. The maximum absolute atomic E-state index is 12.7. The van der Waals surface area contributed by atoms with Gasteiger partial charge < -0.3 is 14.0 Å². The Balaban J connectivity index is 1.59. The van der Waals surface area contributed by atoms with Crippen LogP contribution in [0.5, 0.6) is 11.5 Å². The number of pyridine rings is 1. The van der Waals surface area contributed by atoms with E-state index in [4.69, 9.17) is 9.47 Å². The Bertz CT molecular complexity index is 1070. The highest BCUT2D eigenvalue weighted by molar-refractivity contribution is 7.89. The van der Waals surface area contributed by atoms with E-state index in [1.54, 1.807) is 18.2 Å². The summed E-state index contributed by atoms with van der Waals surface area (Å²) < 4.78 is 38.9. The number of ether oxygens (including phenoxy) is 2. The minimum absolute atomic E-state index is 0.0176. The molecule has 0 spiro atoms. The van der Waals surface area contributed by atoms with Crippen LogP contribution in [0.2, 0.25) is 0 Å². The zero-order chi connectivity index (χ0) is 19.7. The normalized spacial score (nSPS) is 16.9. The summed E-state index contributed by atoms with van der Waals surface area (Å²) in [5.41, 5.74) is -0.0739. The van der Waals surface area contributed by atoms with Crippen LogP contribution in [-0.2, 0) is 16.6 Å². The number of benzene rings is 1. The van der Waals surface area contributed by atoms with Gasteiger partial charge in [0, 0.05) is 30.9 Å². The SMILES string of the molecule is O=C(Cn1cc(S(=O)(=O)N2CCCC2)ccc1=O)c1ccc2c(c1)OCCO2. The van der Waals surface area contributed by atoms with E-state index in [9.17, 15) is 18.0 Å². The van der Waals surface area contributed by atoms with Crippen LogP contribution < -0.4 is 15.0 Å². The van der Waals surface area contributed by atoms with Crippen molar-refractivity contribution >= 4 is 15.8 Å². The molecule has 0 aliphatic carbocycles. The average Bonchev–Trinajstić information content (AvgIpc) is 3.25. The Morgan fingerprint density at radius 1 is 1.00 bits per heavy atom. The lowest BCUT2D eigenvalue weighted by Gasteiger charge is -2.19. The van der Waals surface area contributed by atoms with Crippen LogP contribution in [0.25, 0.3) is 0 Å². The summed E-state index contributed by atoms with van der Waals surface area (Å²) in [6.07, 6.45) is 2.88. The molecule has 0 saturated carbocycles. The summed E-state index contributed by atoms with van der Waals surface area (Å²) in [5, 5.41) is 0. The molecule has 0 amide bonds. The monoisotopic (exact) mass is 404 g/mol. The van der Waals surface area contributed by atoms with Gasteiger partial charge in [-0.3, -0.25) is 9.59 Å². The van der Waals surface area contributed by atoms with Crippen LogP contribution in [0.3, 0.4) is 0 Å². The molecule has 1 aromatic heterocycles. The van der Waals surface area contributed by atoms with Gasteiger partial charge in [-0.25, -0.2) is 8.42 Å². The topological polar surface area (TPSA) is 94.9 Å². The second-order valence-electron chi connectivity index (χ2n) is 6.72. The van der Waals surface area contributed by atoms with Crippen molar-refractivity contribution in [1.82, 2.24) is 8.87 Å². The second kappa shape index (κ2) is 7.40. The molecule has 1 aromatic carbocycles. The Kier molecular flexibility index (Phi) is 4.94. The minimum atomic E-state index is -3.66. The van der Waals surface area contributed by atoms with Crippen LogP contribution in [0.4, 0.5) is 0 Å². The highest BCUT2D eigenvalue weighted by atomic mass is 32.2. The van der Waals surface area contributed by atoms with Gasteiger partial charge in [0.05, 0.1) is 11.4 Å². The van der Waals surface area contributed by atoms with Crippen molar-refractivity contribution in [3.05, 3.63) is 52.4 Å². The van der Waals surface area contributed by atoms with E-state index in [0.29, 0.717) is 43.4 Å². The number of hydrogen-bond acceptors (Lipinski definition) is 6. The molecule has 4 rings (SSSR count). The van der Waals surface area contributed by atoms with Gasteiger partial charge in [-0.05, 0) is 37.1 Å². The van der Waals surface area contributed by atoms with E-state index in [-0.39, 0.29) is 17.2 Å². The van der Waals surface area contributed by atoms with E-state index in [1.165, 1.54) is 22.6 Å². The predicted molar refractivity (Wildman–Crippen MR) is 100 cm³/mol. The van der Waals surface area contributed by atoms with E-state index < -0.39 is 15.6 Å². The largest absolute Gasteiger partial charge is 0.486 e. The van der Waals surface area contributed by atoms with Gasteiger partial charge >= 0.3 is 0 Å². The van der Waals surface area contributed by atoms with Crippen LogP contribution >= 0.6 is 0 Å². The Hall–Kier alpha value is -2.65. The van der Waals surface area contributed by atoms with Crippen molar-refractivity contribution in [2.45, 2.75) is 24.3 Å². The number of fused-ring (bicyclic) bond motifs is 1. The molecular weight excluding hydrogens is 384 g/mol. The maximum Gasteiger partial charge on any atom is 0.251 e. The quantitative estimate of drug-likeness (QED) is 0.697. The predicted octanol–water partition coefficient (Wildman–Crippen LogP) is 1.29. The molecule has 0 atom stereocenters.